The fourth-order valence-corrected chi connectivity index (χ4v) is 2.73. The van der Waals surface area contributed by atoms with Crippen molar-refractivity contribution in [2.45, 2.75) is 32.6 Å². The highest BCUT2D eigenvalue weighted by molar-refractivity contribution is 5.94. The van der Waals surface area contributed by atoms with Gasteiger partial charge >= 0.3 is 0 Å². The fourth-order valence-electron chi connectivity index (χ4n) is 2.73. The van der Waals surface area contributed by atoms with Crippen molar-refractivity contribution in [3.8, 4) is 5.75 Å². The third-order valence-electron chi connectivity index (χ3n) is 3.75. The maximum atomic E-state index is 11.8. The Kier molecular flexibility index (Phi) is 3.64. The highest BCUT2D eigenvalue weighted by Crippen LogP contribution is 2.38. The number of rotatable bonds is 4. The number of hydrogen-bond donors (Lipinski definition) is 2. The summed E-state index contributed by atoms with van der Waals surface area (Å²) in [6.07, 6.45) is 1.44. The second-order valence-corrected chi connectivity index (χ2v) is 5.33. The van der Waals surface area contributed by atoms with E-state index < -0.39 is 0 Å². The van der Waals surface area contributed by atoms with Gasteiger partial charge in [-0.1, -0.05) is 19.1 Å². The molecule has 1 aliphatic heterocycles. The molecular formula is C16H19N3O2. The molecule has 0 saturated carbocycles. The molecule has 5 nitrogen and oxygen atoms in total. The maximum absolute atomic E-state index is 11.8. The highest BCUT2D eigenvalue weighted by Gasteiger charge is 2.30. The Bertz CT molecular complexity index is 646. The molecule has 2 N–H and O–H groups in total. The predicted octanol–water partition coefficient (Wildman–Crippen LogP) is 2.98. The van der Waals surface area contributed by atoms with Gasteiger partial charge in [0.2, 0.25) is 5.91 Å². The number of amides is 1. The van der Waals surface area contributed by atoms with Gasteiger partial charge in [-0.3, -0.25) is 9.89 Å². The van der Waals surface area contributed by atoms with Crippen molar-refractivity contribution in [3.63, 3.8) is 0 Å². The average Bonchev–Trinajstić information content (AvgIpc) is 2.86. The van der Waals surface area contributed by atoms with E-state index in [9.17, 15) is 4.79 Å². The van der Waals surface area contributed by atoms with E-state index in [2.05, 4.69) is 22.4 Å². The monoisotopic (exact) mass is 285 g/mol. The molecular weight excluding hydrogens is 266 g/mol. The first kappa shape index (κ1) is 13.7. The van der Waals surface area contributed by atoms with Crippen LogP contribution in [0.1, 0.15) is 42.5 Å². The lowest BCUT2D eigenvalue weighted by molar-refractivity contribution is -0.116. The summed E-state index contributed by atoms with van der Waals surface area (Å²) in [6.45, 7) is 4.78. The van der Waals surface area contributed by atoms with Crippen LogP contribution in [0.15, 0.2) is 24.3 Å². The molecule has 1 unspecified atom stereocenters. The molecule has 110 valence electrons. The van der Waals surface area contributed by atoms with Gasteiger partial charge in [0.1, 0.15) is 5.75 Å². The standard InChI is InChI=1S/C16H19N3O2/c1-3-8-21-12-6-4-11(5-7-12)13-9-14(20)17-16-15(13)10(2)18-19-16/h4-7,13H,3,8-9H2,1-2H3,(H2,17,18,19,20). The zero-order valence-electron chi connectivity index (χ0n) is 12.3. The van der Waals surface area contributed by atoms with E-state index >= 15 is 0 Å². The number of nitrogens with one attached hydrogen (secondary N) is 2. The van der Waals surface area contributed by atoms with E-state index in [1.54, 1.807) is 0 Å². The van der Waals surface area contributed by atoms with Gasteiger partial charge in [0.25, 0.3) is 0 Å². The number of carbonyl (C=O) groups excluding carboxylic acids is 1. The van der Waals surface area contributed by atoms with Crippen molar-refractivity contribution >= 4 is 11.7 Å². The second kappa shape index (κ2) is 5.60. The average molecular weight is 285 g/mol. The van der Waals surface area contributed by atoms with Crippen LogP contribution in [0.3, 0.4) is 0 Å². The summed E-state index contributed by atoms with van der Waals surface area (Å²) in [7, 11) is 0. The Labute approximate surface area is 123 Å². The molecule has 0 fully saturated rings. The Morgan fingerprint density at radius 2 is 2.10 bits per heavy atom. The molecule has 21 heavy (non-hydrogen) atoms. The SMILES string of the molecule is CCCOc1ccc(C2CC(=O)Nc3n[nH]c(C)c32)cc1. The number of ether oxygens (including phenoxy) is 1. The third kappa shape index (κ3) is 2.63. The lowest BCUT2D eigenvalue weighted by Crippen LogP contribution is -2.23. The molecule has 1 aromatic heterocycles. The number of carbonyl (C=O) groups is 1. The topological polar surface area (TPSA) is 67.0 Å². The number of H-pyrrole nitrogens is 1. The van der Waals surface area contributed by atoms with E-state index in [1.165, 1.54) is 0 Å². The molecule has 0 saturated heterocycles. The molecule has 1 aromatic carbocycles. The van der Waals surface area contributed by atoms with E-state index in [-0.39, 0.29) is 11.8 Å². The highest BCUT2D eigenvalue weighted by atomic mass is 16.5. The molecule has 2 heterocycles. The van der Waals surface area contributed by atoms with Crippen LogP contribution in [0.4, 0.5) is 5.82 Å². The molecule has 5 heteroatoms. The molecule has 0 radical (unpaired) electrons. The molecule has 0 bridgehead atoms. The Morgan fingerprint density at radius 3 is 2.81 bits per heavy atom. The van der Waals surface area contributed by atoms with Gasteiger partial charge in [-0.05, 0) is 31.0 Å². The lowest BCUT2D eigenvalue weighted by atomic mass is 9.86. The third-order valence-corrected chi connectivity index (χ3v) is 3.75. The number of hydrogen-bond acceptors (Lipinski definition) is 3. The summed E-state index contributed by atoms with van der Waals surface area (Å²) in [5.41, 5.74) is 3.19. The number of aromatic nitrogens is 2. The maximum Gasteiger partial charge on any atom is 0.226 e. The van der Waals surface area contributed by atoms with Crippen molar-refractivity contribution in [2.75, 3.05) is 11.9 Å². The quantitative estimate of drug-likeness (QED) is 0.907. The van der Waals surface area contributed by atoms with Crippen molar-refractivity contribution in [3.05, 3.63) is 41.1 Å². The smallest absolute Gasteiger partial charge is 0.226 e. The van der Waals surface area contributed by atoms with E-state index in [1.807, 2.05) is 31.2 Å². The van der Waals surface area contributed by atoms with Gasteiger partial charge in [-0.2, -0.15) is 5.10 Å². The van der Waals surface area contributed by atoms with Crippen LogP contribution >= 0.6 is 0 Å². The minimum absolute atomic E-state index is 0.00492. The van der Waals surface area contributed by atoms with Gasteiger partial charge in [-0.15, -0.1) is 0 Å². The van der Waals surface area contributed by atoms with Crippen molar-refractivity contribution in [1.82, 2.24) is 10.2 Å². The van der Waals surface area contributed by atoms with E-state index in [0.29, 0.717) is 12.2 Å². The number of nitrogens with zero attached hydrogens (tertiary/aromatic N) is 1. The molecule has 1 atom stereocenters. The van der Waals surface area contributed by atoms with Crippen LogP contribution in [0.25, 0.3) is 0 Å². The van der Waals surface area contributed by atoms with E-state index in [0.717, 1.165) is 35.6 Å². The summed E-state index contributed by atoms with van der Waals surface area (Å²) < 4.78 is 5.60. The van der Waals surface area contributed by atoms with Gasteiger partial charge in [0, 0.05) is 23.6 Å². The molecule has 1 aliphatic rings. The van der Waals surface area contributed by atoms with Crippen LogP contribution in [0.2, 0.25) is 0 Å². The molecule has 0 aliphatic carbocycles. The summed E-state index contributed by atoms with van der Waals surface area (Å²) in [5, 5.41) is 9.92. The first-order chi connectivity index (χ1) is 10.2. The number of aryl methyl sites for hydroxylation is 1. The van der Waals surface area contributed by atoms with Gasteiger partial charge in [-0.25, -0.2) is 0 Å². The zero-order valence-corrected chi connectivity index (χ0v) is 12.3. The normalized spacial score (nSPS) is 17.2. The van der Waals surface area contributed by atoms with Gasteiger partial charge < -0.3 is 10.1 Å². The van der Waals surface area contributed by atoms with Crippen LogP contribution in [0, 0.1) is 6.92 Å². The summed E-state index contributed by atoms with van der Waals surface area (Å²) in [6, 6.07) is 7.99. The minimum Gasteiger partial charge on any atom is -0.494 e. The number of benzene rings is 1. The van der Waals surface area contributed by atoms with Crippen LogP contribution in [-0.2, 0) is 4.79 Å². The lowest BCUT2D eigenvalue weighted by Gasteiger charge is -2.23. The summed E-state index contributed by atoms with van der Waals surface area (Å²) >= 11 is 0. The first-order valence-electron chi connectivity index (χ1n) is 7.26. The number of anilines is 1. The molecule has 3 rings (SSSR count). The Morgan fingerprint density at radius 1 is 1.33 bits per heavy atom. The van der Waals surface area contributed by atoms with Crippen molar-refractivity contribution < 1.29 is 9.53 Å². The molecule has 2 aromatic rings. The van der Waals surface area contributed by atoms with Crippen molar-refractivity contribution in [1.29, 1.82) is 0 Å². The molecule has 1 amide bonds. The van der Waals surface area contributed by atoms with Crippen LogP contribution in [-0.4, -0.2) is 22.7 Å². The summed E-state index contributed by atoms with van der Waals surface area (Å²) in [4.78, 5) is 11.8. The fraction of sp³-hybridized carbons (Fsp3) is 0.375. The van der Waals surface area contributed by atoms with Crippen molar-refractivity contribution in [2.24, 2.45) is 0 Å². The van der Waals surface area contributed by atoms with Gasteiger partial charge in [0.15, 0.2) is 5.82 Å². The van der Waals surface area contributed by atoms with Gasteiger partial charge in [0.05, 0.1) is 6.61 Å². The first-order valence-corrected chi connectivity index (χ1v) is 7.26. The molecule has 0 spiro atoms. The summed E-state index contributed by atoms with van der Waals surface area (Å²) in [5.74, 6) is 1.57. The van der Waals surface area contributed by atoms with Crippen LogP contribution in [0.5, 0.6) is 5.75 Å². The second-order valence-electron chi connectivity index (χ2n) is 5.33. The minimum atomic E-state index is 0.00492. The van der Waals surface area contributed by atoms with Crippen LogP contribution < -0.4 is 10.1 Å². The number of aromatic amines is 1. The largest absolute Gasteiger partial charge is 0.494 e. The van der Waals surface area contributed by atoms with E-state index in [4.69, 9.17) is 4.74 Å². The Hall–Kier alpha value is -2.30. The predicted molar refractivity (Wildman–Crippen MR) is 80.6 cm³/mol. The number of fused-ring (bicyclic) bond motifs is 1. The zero-order chi connectivity index (χ0) is 14.8. The Balaban J connectivity index is 1.89.